The van der Waals surface area contributed by atoms with Gasteiger partial charge in [0.05, 0.1) is 19.8 Å². The van der Waals surface area contributed by atoms with Gasteiger partial charge in [-0.15, -0.1) is 0 Å². The average molecular weight is 268 g/mol. The van der Waals surface area contributed by atoms with E-state index in [0.717, 1.165) is 58.2 Å². The molecule has 0 atom stereocenters. The molecule has 2 heterocycles. The first-order valence-electron chi connectivity index (χ1n) is 7.70. The first-order valence-corrected chi connectivity index (χ1v) is 7.70. The molecule has 4 heteroatoms. The third-order valence-corrected chi connectivity index (χ3v) is 4.15. The largest absolute Gasteiger partial charge is 0.379 e. The molecule has 0 unspecified atom stereocenters. The number of likely N-dealkylation sites (tertiary alicyclic amines) is 1. The number of ketones is 1. The lowest BCUT2D eigenvalue weighted by atomic mass is 9.91. The Balaban J connectivity index is 1.69. The smallest absolute Gasteiger partial charge is 0.150 e. The monoisotopic (exact) mass is 268 g/mol. The molecule has 2 aliphatic rings. The van der Waals surface area contributed by atoms with Crippen LogP contribution in [0.3, 0.4) is 0 Å². The van der Waals surface area contributed by atoms with Crippen LogP contribution in [0, 0.1) is 11.8 Å². The summed E-state index contributed by atoms with van der Waals surface area (Å²) in [5, 5.41) is 0. The van der Waals surface area contributed by atoms with Crippen LogP contribution >= 0.6 is 0 Å². The maximum atomic E-state index is 12.3. The first kappa shape index (κ1) is 14.9. The van der Waals surface area contributed by atoms with E-state index < -0.39 is 0 Å². The lowest BCUT2D eigenvalue weighted by molar-refractivity contribution is -0.126. The van der Waals surface area contributed by atoms with Crippen molar-refractivity contribution < 1.29 is 9.53 Å². The number of hydrogen-bond donors (Lipinski definition) is 0. The summed E-state index contributed by atoms with van der Waals surface area (Å²) < 4.78 is 5.32. The summed E-state index contributed by atoms with van der Waals surface area (Å²) in [5.74, 6) is 1.47. The van der Waals surface area contributed by atoms with Crippen LogP contribution < -0.4 is 0 Å². The van der Waals surface area contributed by atoms with E-state index in [9.17, 15) is 4.79 Å². The molecule has 4 nitrogen and oxygen atoms in total. The van der Waals surface area contributed by atoms with Gasteiger partial charge in [-0.3, -0.25) is 9.69 Å². The van der Waals surface area contributed by atoms with Crippen molar-refractivity contribution >= 4 is 5.78 Å². The number of rotatable bonds is 5. The van der Waals surface area contributed by atoms with Gasteiger partial charge in [-0.1, -0.05) is 13.8 Å². The molecule has 0 radical (unpaired) electrons. The molecule has 0 aromatic heterocycles. The molecule has 110 valence electrons. The highest BCUT2D eigenvalue weighted by atomic mass is 16.5. The number of carbonyl (C=O) groups excluding carboxylic acids is 1. The van der Waals surface area contributed by atoms with Crippen molar-refractivity contribution in [3.05, 3.63) is 0 Å². The van der Waals surface area contributed by atoms with Crippen molar-refractivity contribution in [2.24, 2.45) is 11.8 Å². The Bertz CT molecular complexity index is 280. The third kappa shape index (κ3) is 4.86. The maximum absolute atomic E-state index is 12.3. The highest BCUT2D eigenvalue weighted by Gasteiger charge is 2.26. The van der Waals surface area contributed by atoms with Crippen LogP contribution in [0.4, 0.5) is 0 Å². The second kappa shape index (κ2) is 7.36. The standard InChI is InChI=1S/C15H28N2O2/c1-13(2)11-16-5-3-14(4-6-16)15(18)12-17-7-9-19-10-8-17/h13-14H,3-12H2,1-2H3. The van der Waals surface area contributed by atoms with Crippen LogP contribution in [0.25, 0.3) is 0 Å². The summed E-state index contributed by atoms with van der Waals surface area (Å²) in [5.41, 5.74) is 0. The third-order valence-electron chi connectivity index (χ3n) is 4.15. The molecule has 19 heavy (non-hydrogen) atoms. The molecular formula is C15H28N2O2. The molecule has 2 saturated heterocycles. The number of nitrogens with zero attached hydrogens (tertiary/aromatic N) is 2. The summed E-state index contributed by atoms with van der Waals surface area (Å²) in [4.78, 5) is 17.0. The van der Waals surface area contributed by atoms with Crippen molar-refractivity contribution in [1.82, 2.24) is 9.80 Å². The van der Waals surface area contributed by atoms with Gasteiger partial charge in [-0.05, 0) is 31.8 Å². The lowest BCUT2D eigenvalue weighted by Gasteiger charge is -2.33. The van der Waals surface area contributed by atoms with Crippen LogP contribution in [-0.2, 0) is 9.53 Å². The number of piperidine rings is 1. The number of morpholine rings is 1. The van der Waals surface area contributed by atoms with E-state index in [1.54, 1.807) is 0 Å². The molecule has 0 N–H and O–H groups in total. The van der Waals surface area contributed by atoms with Crippen molar-refractivity contribution in [2.75, 3.05) is 52.5 Å². The van der Waals surface area contributed by atoms with Crippen LogP contribution in [-0.4, -0.2) is 68.1 Å². The summed E-state index contributed by atoms with van der Waals surface area (Å²) in [7, 11) is 0. The fourth-order valence-electron chi connectivity index (χ4n) is 3.06. The minimum atomic E-state index is 0.297. The van der Waals surface area contributed by atoms with Crippen LogP contribution in [0.2, 0.25) is 0 Å². The maximum Gasteiger partial charge on any atom is 0.150 e. The van der Waals surface area contributed by atoms with Gasteiger partial charge in [0.2, 0.25) is 0 Å². The van der Waals surface area contributed by atoms with Crippen molar-refractivity contribution in [3.8, 4) is 0 Å². The Morgan fingerprint density at radius 1 is 1.11 bits per heavy atom. The Kier molecular flexibility index (Phi) is 5.79. The normalized spacial score (nSPS) is 23.9. The van der Waals surface area contributed by atoms with Gasteiger partial charge < -0.3 is 9.64 Å². The average Bonchev–Trinajstić information content (AvgIpc) is 2.40. The highest BCUT2D eigenvalue weighted by molar-refractivity contribution is 5.83. The van der Waals surface area contributed by atoms with Gasteiger partial charge in [-0.2, -0.15) is 0 Å². The van der Waals surface area contributed by atoms with E-state index in [-0.39, 0.29) is 0 Å². The van der Waals surface area contributed by atoms with E-state index in [1.165, 1.54) is 6.54 Å². The zero-order chi connectivity index (χ0) is 13.7. The molecule has 0 saturated carbocycles. The predicted molar refractivity (Wildman–Crippen MR) is 76.3 cm³/mol. The zero-order valence-corrected chi connectivity index (χ0v) is 12.4. The molecule has 2 aliphatic heterocycles. The Morgan fingerprint density at radius 2 is 1.74 bits per heavy atom. The van der Waals surface area contributed by atoms with Crippen molar-refractivity contribution in [2.45, 2.75) is 26.7 Å². The zero-order valence-electron chi connectivity index (χ0n) is 12.4. The summed E-state index contributed by atoms with van der Waals surface area (Å²) in [6, 6.07) is 0. The second-order valence-corrected chi connectivity index (χ2v) is 6.32. The molecule has 0 spiro atoms. The van der Waals surface area contributed by atoms with E-state index >= 15 is 0 Å². The Hall–Kier alpha value is -0.450. The van der Waals surface area contributed by atoms with E-state index in [2.05, 4.69) is 23.6 Å². The van der Waals surface area contributed by atoms with E-state index in [1.807, 2.05) is 0 Å². The molecule has 0 bridgehead atoms. The SMILES string of the molecule is CC(C)CN1CCC(C(=O)CN2CCOCC2)CC1. The summed E-state index contributed by atoms with van der Waals surface area (Å²) >= 11 is 0. The van der Waals surface area contributed by atoms with Crippen LogP contribution in [0.15, 0.2) is 0 Å². The highest BCUT2D eigenvalue weighted by Crippen LogP contribution is 2.19. The molecule has 0 amide bonds. The van der Waals surface area contributed by atoms with Crippen LogP contribution in [0.5, 0.6) is 0 Å². The van der Waals surface area contributed by atoms with Gasteiger partial charge in [0, 0.05) is 25.6 Å². The fourth-order valence-corrected chi connectivity index (χ4v) is 3.06. The lowest BCUT2D eigenvalue weighted by Crippen LogP contribution is -2.44. The van der Waals surface area contributed by atoms with Gasteiger partial charge in [0.1, 0.15) is 5.78 Å². The molecule has 0 aliphatic carbocycles. The topological polar surface area (TPSA) is 32.8 Å². The fraction of sp³-hybridized carbons (Fsp3) is 0.933. The number of carbonyl (C=O) groups is 1. The van der Waals surface area contributed by atoms with Gasteiger partial charge in [0.15, 0.2) is 0 Å². The van der Waals surface area contributed by atoms with Crippen molar-refractivity contribution in [3.63, 3.8) is 0 Å². The molecule has 2 rings (SSSR count). The first-order chi connectivity index (χ1) is 9.15. The van der Waals surface area contributed by atoms with Crippen LogP contribution in [0.1, 0.15) is 26.7 Å². The number of hydrogen-bond acceptors (Lipinski definition) is 4. The van der Waals surface area contributed by atoms with Gasteiger partial charge in [0.25, 0.3) is 0 Å². The second-order valence-electron chi connectivity index (χ2n) is 6.32. The summed E-state index contributed by atoms with van der Waals surface area (Å²) in [6.07, 6.45) is 2.10. The minimum Gasteiger partial charge on any atom is -0.379 e. The van der Waals surface area contributed by atoms with E-state index in [0.29, 0.717) is 18.2 Å². The van der Waals surface area contributed by atoms with E-state index in [4.69, 9.17) is 4.74 Å². The Labute approximate surface area is 117 Å². The summed E-state index contributed by atoms with van der Waals surface area (Å²) in [6.45, 7) is 11.9. The predicted octanol–water partition coefficient (Wildman–Crippen LogP) is 1.26. The molecule has 2 fully saturated rings. The molecule has 0 aromatic rings. The Morgan fingerprint density at radius 3 is 2.32 bits per heavy atom. The molecular weight excluding hydrogens is 240 g/mol. The number of ether oxygens (including phenoxy) is 1. The van der Waals surface area contributed by atoms with Gasteiger partial charge >= 0.3 is 0 Å². The minimum absolute atomic E-state index is 0.297. The van der Waals surface area contributed by atoms with Crippen molar-refractivity contribution in [1.29, 1.82) is 0 Å². The molecule has 0 aromatic carbocycles. The van der Waals surface area contributed by atoms with Gasteiger partial charge in [-0.25, -0.2) is 0 Å². The quantitative estimate of drug-likeness (QED) is 0.751. The number of Topliss-reactive ketones (excluding diaryl/α,β-unsaturated/α-hetero) is 1.